The lowest BCUT2D eigenvalue weighted by molar-refractivity contribution is -0.120. The van der Waals surface area contributed by atoms with Gasteiger partial charge in [0.15, 0.2) is 0 Å². The van der Waals surface area contributed by atoms with Crippen molar-refractivity contribution in [3.63, 3.8) is 0 Å². The van der Waals surface area contributed by atoms with Crippen LogP contribution in [-0.4, -0.2) is 10.9 Å². The van der Waals surface area contributed by atoms with Crippen molar-refractivity contribution in [3.8, 4) is 0 Å². The predicted octanol–water partition coefficient (Wildman–Crippen LogP) is 0.738. The van der Waals surface area contributed by atoms with Crippen LogP contribution in [0.5, 0.6) is 0 Å². The minimum atomic E-state index is -0.603. The fraction of sp³-hybridized carbons (Fsp3) is 0.333. The van der Waals surface area contributed by atoms with E-state index in [1.807, 2.05) is 0 Å². The Bertz CT molecular complexity index is 343. The second-order valence-electron chi connectivity index (χ2n) is 3.31. The monoisotopic (exact) mass is 180 g/mol. The van der Waals surface area contributed by atoms with Crippen molar-refractivity contribution in [3.05, 3.63) is 29.8 Å². The summed E-state index contributed by atoms with van der Waals surface area (Å²) in [6.07, 6.45) is 2.56. The summed E-state index contributed by atoms with van der Waals surface area (Å²) in [6.45, 7) is 0. The van der Waals surface area contributed by atoms with Crippen molar-refractivity contribution >= 4 is 5.91 Å². The summed E-state index contributed by atoms with van der Waals surface area (Å²) in [4.78, 5) is 14.9. The number of hydrogen-bond acceptors (Lipinski definition) is 2. The van der Waals surface area contributed by atoms with Gasteiger partial charge >= 0.3 is 0 Å². The van der Waals surface area contributed by atoms with Crippen LogP contribution in [0.25, 0.3) is 0 Å². The molecule has 0 radical (unpaired) electrons. The van der Waals surface area contributed by atoms with Crippen molar-refractivity contribution in [2.24, 2.45) is 5.73 Å². The highest BCUT2D eigenvalue weighted by atomic mass is 19.1. The van der Waals surface area contributed by atoms with Gasteiger partial charge in [-0.2, -0.15) is 0 Å². The average molecular weight is 180 g/mol. The number of aromatic nitrogens is 1. The van der Waals surface area contributed by atoms with Crippen LogP contribution in [-0.2, 0) is 10.2 Å². The molecule has 1 aromatic heterocycles. The van der Waals surface area contributed by atoms with Gasteiger partial charge in [0.25, 0.3) is 0 Å². The third-order valence-electron chi connectivity index (χ3n) is 2.44. The molecule has 0 atom stereocenters. The smallest absolute Gasteiger partial charge is 0.229 e. The number of hydrogen-bond donors (Lipinski definition) is 1. The molecule has 1 aliphatic rings. The van der Waals surface area contributed by atoms with Gasteiger partial charge in [0, 0.05) is 0 Å². The molecule has 1 amide bonds. The SMILES string of the molecule is NC(=O)C1(c2ccc(F)cn2)CC1. The lowest BCUT2D eigenvalue weighted by Gasteiger charge is -2.08. The second kappa shape index (κ2) is 2.52. The van der Waals surface area contributed by atoms with Gasteiger partial charge < -0.3 is 5.73 Å². The molecule has 0 unspecified atom stereocenters. The van der Waals surface area contributed by atoms with Gasteiger partial charge in [-0.25, -0.2) is 4.39 Å². The number of amides is 1. The predicted molar refractivity (Wildman–Crippen MR) is 44.3 cm³/mol. The summed E-state index contributed by atoms with van der Waals surface area (Å²) in [6, 6.07) is 2.82. The number of rotatable bonds is 2. The highest BCUT2D eigenvalue weighted by Crippen LogP contribution is 2.46. The third kappa shape index (κ3) is 1.18. The minimum absolute atomic E-state index is 0.369. The van der Waals surface area contributed by atoms with E-state index in [1.165, 1.54) is 12.1 Å². The normalized spacial score (nSPS) is 18.2. The molecule has 0 bridgehead atoms. The van der Waals surface area contributed by atoms with Crippen LogP contribution in [0.3, 0.4) is 0 Å². The fourth-order valence-corrected chi connectivity index (χ4v) is 1.41. The first-order valence-electron chi connectivity index (χ1n) is 4.07. The number of carbonyl (C=O) groups excluding carboxylic acids is 1. The lowest BCUT2D eigenvalue weighted by atomic mass is 10.0. The first kappa shape index (κ1) is 8.16. The zero-order valence-electron chi connectivity index (χ0n) is 6.96. The van der Waals surface area contributed by atoms with Crippen molar-refractivity contribution in [2.75, 3.05) is 0 Å². The molecular weight excluding hydrogens is 171 g/mol. The first-order valence-corrected chi connectivity index (χ1v) is 4.07. The Morgan fingerprint density at radius 3 is 2.62 bits per heavy atom. The van der Waals surface area contributed by atoms with Gasteiger partial charge in [-0.15, -0.1) is 0 Å². The highest BCUT2D eigenvalue weighted by molar-refractivity contribution is 5.89. The molecule has 0 spiro atoms. The van der Waals surface area contributed by atoms with Crippen LogP contribution in [0.2, 0.25) is 0 Å². The maximum absolute atomic E-state index is 12.5. The quantitative estimate of drug-likeness (QED) is 0.729. The van der Waals surface area contributed by atoms with Crippen LogP contribution in [0.15, 0.2) is 18.3 Å². The van der Waals surface area contributed by atoms with Crippen LogP contribution in [0.4, 0.5) is 4.39 Å². The second-order valence-corrected chi connectivity index (χ2v) is 3.31. The van der Waals surface area contributed by atoms with Gasteiger partial charge in [-0.3, -0.25) is 9.78 Å². The standard InChI is InChI=1S/C9H9FN2O/c10-6-1-2-7(12-5-6)9(3-4-9)8(11)13/h1-2,5H,3-4H2,(H2,11,13). The van der Waals surface area contributed by atoms with Crippen LogP contribution >= 0.6 is 0 Å². The molecular formula is C9H9FN2O. The van der Waals surface area contributed by atoms with Crippen LogP contribution in [0.1, 0.15) is 18.5 Å². The molecule has 68 valence electrons. The van der Waals surface area contributed by atoms with E-state index in [2.05, 4.69) is 4.98 Å². The number of nitrogens with zero attached hydrogens (tertiary/aromatic N) is 1. The molecule has 0 saturated heterocycles. The summed E-state index contributed by atoms with van der Waals surface area (Å²) < 4.78 is 12.5. The van der Waals surface area contributed by atoms with Crippen molar-refractivity contribution in [1.29, 1.82) is 0 Å². The van der Waals surface area contributed by atoms with E-state index in [9.17, 15) is 9.18 Å². The van der Waals surface area contributed by atoms with Gasteiger partial charge in [-0.1, -0.05) is 0 Å². The van der Waals surface area contributed by atoms with Crippen molar-refractivity contribution in [2.45, 2.75) is 18.3 Å². The first-order chi connectivity index (χ1) is 6.15. The topological polar surface area (TPSA) is 56.0 Å². The molecule has 0 aliphatic heterocycles. The maximum Gasteiger partial charge on any atom is 0.229 e. The summed E-state index contributed by atoms with van der Waals surface area (Å²) in [5.41, 5.74) is 5.21. The molecule has 2 N–H and O–H groups in total. The molecule has 1 aromatic rings. The summed E-state index contributed by atoms with van der Waals surface area (Å²) in [5, 5.41) is 0. The Labute approximate surface area is 74.8 Å². The Balaban J connectivity index is 2.36. The van der Waals surface area contributed by atoms with E-state index in [0.29, 0.717) is 5.69 Å². The van der Waals surface area contributed by atoms with E-state index < -0.39 is 11.2 Å². The zero-order valence-corrected chi connectivity index (χ0v) is 6.96. The molecule has 1 heterocycles. The van der Waals surface area contributed by atoms with E-state index in [1.54, 1.807) is 0 Å². The molecule has 1 aliphatic carbocycles. The summed E-state index contributed by atoms with van der Waals surface area (Å²) in [7, 11) is 0. The van der Waals surface area contributed by atoms with Gasteiger partial charge in [0.05, 0.1) is 17.3 Å². The number of primary amides is 1. The van der Waals surface area contributed by atoms with E-state index >= 15 is 0 Å². The van der Waals surface area contributed by atoms with Gasteiger partial charge in [0.1, 0.15) is 5.82 Å². The molecule has 4 heteroatoms. The Kier molecular flexibility index (Phi) is 1.58. The average Bonchev–Trinajstić information content (AvgIpc) is 2.86. The Morgan fingerprint density at radius 1 is 1.54 bits per heavy atom. The van der Waals surface area contributed by atoms with E-state index in [4.69, 9.17) is 5.73 Å². The van der Waals surface area contributed by atoms with Crippen molar-refractivity contribution < 1.29 is 9.18 Å². The molecule has 3 nitrogen and oxygen atoms in total. The highest BCUT2D eigenvalue weighted by Gasteiger charge is 2.51. The number of nitrogens with two attached hydrogens (primary N) is 1. The van der Waals surface area contributed by atoms with Crippen molar-refractivity contribution in [1.82, 2.24) is 4.98 Å². The molecule has 1 saturated carbocycles. The molecule has 1 fully saturated rings. The minimum Gasteiger partial charge on any atom is -0.369 e. The molecule has 13 heavy (non-hydrogen) atoms. The van der Waals surface area contributed by atoms with Crippen LogP contribution in [0, 0.1) is 5.82 Å². The number of halogens is 1. The van der Waals surface area contributed by atoms with E-state index in [0.717, 1.165) is 19.0 Å². The lowest BCUT2D eigenvalue weighted by Crippen LogP contribution is -2.29. The largest absolute Gasteiger partial charge is 0.369 e. The maximum atomic E-state index is 12.5. The van der Waals surface area contributed by atoms with Gasteiger partial charge in [0.2, 0.25) is 5.91 Å². The fourth-order valence-electron chi connectivity index (χ4n) is 1.41. The molecule has 2 rings (SSSR count). The molecule has 0 aromatic carbocycles. The summed E-state index contributed by atoms with van der Waals surface area (Å²) in [5.74, 6) is -0.768. The number of carbonyl (C=O) groups is 1. The van der Waals surface area contributed by atoms with Gasteiger partial charge in [-0.05, 0) is 25.0 Å². The number of pyridine rings is 1. The Hall–Kier alpha value is -1.45. The third-order valence-corrected chi connectivity index (χ3v) is 2.44. The zero-order chi connectivity index (χ0) is 9.47. The Morgan fingerprint density at radius 2 is 2.23 bits per heavy atom. The van der Waals surface area contributed by atoms with E-state index in [-0.39, 0.29) is 5.91 Å². The van der Waals surface area contributed by atoms with Crippen LogP contribution < -0.4 is 5.73 Å². The summed E-state index contributed by atoms with van der Waals surface area (Å²) >= 11 is 0.